The molecule has 0 saturated carbocycles. The minimum absolute atomic E-state index is 0.119. The molecule has 1 unspecified atom stereocenters. The summed E-state index contributed by atoms with van der Waals surface area (Å²) in [5.74, 6) is 0.945. The van der Waals surface area contributed by atoms with Crippen LogP contribution >= 0.6 is 0 Å². The van der Waals surface area contributed by atoms with Gasteiger partial charge in [0.15, 0.2) is 17.3 Å². The highest BCUT2D eigenvalue weighted by atomic mass is 16.7. The number of hydrogen-bond acceptors (Lipinski definition) is 4. The van der Waals surface area contributed by atoms with E-state index < -0.39 is 6.04 Å². The van der Waals surface area contributed by atoms with Crippen LogP contribution in [0.2, 0.25) is 0 Å². The zero-order chi connectivity index (χ0) is 15.3. The largest absolute Gasteiger partial charge is 0.454 e. The standard InChI is InChI=1S/C13H15NO4.C2H6/c1-8(14(3)9(2)15)13(16)10-4-5-11-12(6-10)18-7-17-11;1-2/h4-6,8H,7H2,1-3H3;1-2H3. The SMILES string of the molecule is CC.CC(=O)N(C)C(C)C(=O)c1ccc2c(c1)OCO2. The monoisotopic (exact) mass is 279 g/mol. The van der Waals surface area contributed by atoms with Crippen LogP contribution in [-0.4, -0.2) is 36.5 Å². The van der Waals surface area contributed by atoms with E-state index in [2.05, 4.69) is 0 Å². The normalized spacial score (nSPS) is 13.1. The molecule has 5 heteroatoms. The molecule has 0 aliphatic carbocycles. The number of hydrogen-bond donors (Lipinski definition) is 0. The third-order valence-electron chi connectivity index (χ3n) is 3.11. The second-order valence-corrected chi connectivity index (χ2v) is 4.24. The molecule has 1 aromatic carbocycles. The molecule has 0 saturated heterocycles. The number of Topliss-reactive ketones (excluding diaryl/α,β-unsaturated/α-hetero) is 1. The molecule has 5 nitrogen and oxygen atoms in total. The minimum atomic E-state index is -0.497. The van der Waals surface area contributed by atoms with Gasteiger partial charge in [-0.15, -0.1) is 0 Å². The van der Waals surface area contributed by atoms with Gasteiger partial charge in [-0.1, -0.05) is 13.8 Å². The zero-order valence-corrected chi connectivity index (χ0v) is 12.6. The number of nitrogens with zero attached hydrogens (tertiary/aromatic N) is 1. The van der Waals surface area contributed by atoms with Crippen molar-refractivity contribution in [1.29, 1.82) is 0 Å². The van der Waals surface area contributed by atoms with Crippen LogP contribution in [0.1, 0.15) is 38.1 Å². The van der Waals surface area contributed by atoms with Gasteiger partial charge in [0.05, 0.1) is 6.04 Å². The summed E-state index contributed by atoms with van der Waals surface area (Å²) in [6, 6.07) is 4.54. The minimum Gasteiger partial charge on any atom is -0.454 e. The third kappa shape index (κ3) is 3.29. The molecule has 0 aromatic heterocycles. The van der Waals surface area contributed by atoms with Gasteiger partial charge < -0.3 is 14.4 Å². The van der Waals surface area contributed by atoms with Crippen LogP contribution in [0, 0.1) is 0 Å². The second kappa shape index (κ2) is 6.93. The first-order chi connectivity index (χ1) is 9.50. The number of carbonyl (C=O) groups excluding carboxylic acids is 2. The number of ketones is 1. The molecular formula is C15H21NO4. The number of ether oxygens (including phenoxy) is 2. The summed E-state index contributed by atoms with van der Waals surface area (Å²) in [5.41, 5.74) is 0.514. The van der Waals surface area contributed by atoms with E-state index in [1.165, 1.54) is 11.8 Å². The number of amides is 1. The fourth-order valence-electron chi connectivity index (χ4n) is 1.74. The molecule has 0 N–H and O–H groups in total. The van der Waals surface area contributed by atoms with E-state index in [-0.39, 0.29) is 18.5 Å². The molecule has 0 bridgehead atoms. The molecule has 1 aromatic rings. The van der Waals surface area contributed by atoms with Gasteiger partial charge in [-0.2, -0.15) is 0 Å². The lowest BCUT2D eigenvalue weighted by molar-refractivity contribution is -0.128. The highest BCUT2D eigenvalue weighted by Gasteiger charge is 2.23. The summed E-state index contributed by atoms with van der Waals surface area (Å²) in [7, 11) is 1.61. The first kappa shape index (κ1) is 16.0. The van der Waals surface area contributed by atoms with Gasteiger partial charge in [0.1, 0.15) is 0 Å². The van der Waals surface area contributed by atoms with Crippen molar-refractivity contribution in [3.63, 3.8) is 0 Å². The molecule has 0 fully saturated rings. The van der Waals surface area contributed by atoms with Crippen molar-refractivity contribution in [2.45, 2.75) is 33.7 Å². The molecule has 1 heterocycles. The lowest BCUT2D eigenvalue weighted by atomic mass is 10.0. The molecule has 2 rings (SSSR count). The maximum absolute atomic E-state index is 12.2. The van der Waals surface area contributed by atoms with Crippen LogP contribution in [0.5, 0.6) is 11.5 Å². The Morgan fingerprint density at radius 3 is 2.40 bits per heavy atom. The lowest BCUT2D eigenvalue weighted by Crippen LogP contribution is -2.39. The number of fused-ring (bicyclic) bond motifs is 1. The van der Waals surface area contributed by atoms with Gasteiger partial charge in [0.2, 0.25) is 12.7 Å². The van der Waals surface area contributed by atoms with Crippen LogP contribution in [-0.2, 0) is 4.79 Å². The molecule has 1 atom stereocenters. The van der Waals surface area contributed by atoms with Crippen LogP contribution in [0.15, 0.2) is 18.2 Å². The smallest absolute Gasteiger partial charge is 0.231 e. The molecule has 1 aliphatic rings. The summed E-state index contributed by atoms with van der Waals surface area (Å²) in [6.07, 6.45) is 0. The average molecular weight is 279 g/mol. The maximum Gasteiger partial charge on any atom is 0.231 e. The first-order valence-corrected chi connectivity index (χ1v) is 6.68. The van der Waals surface area contributed by atoms with Gasteiger partial charge >= 0.3 is 0 Å². The van der Waals surface area contributed by atoms with E-state index >= 15 is 0 Å². The summed E-state index contributed by atoms with van der Waals surface area (Å²) in [6.45, 7) is 7.31. The second-order valence-electron chi connectivity index (χ2n) is 4.24. The van der Waals surface area contributed by atoms with Gasteiger partial charge in [0.25, 0.3) is 0 Å². The van der Waals surface area contributed by atoms with E-state index in [1.54, 1.807) is 32.2 Å². The number of likely N-dealkylation sites (N-methyl/N-ethyl adjacent to an activating group) is 1. The van der Waals surface area contributed by atoms with Gasteiger partial charge in [-0.25, -0.2) is 0 Å². The summed E-state index contributed by atoms with van der Waals surface area (Å²) in [5, 5.41) is 0. The van der Waals surface area contributed by atoms with Gasteiger partial charge in [-0.05, 0) is 25.1 Å². The molecular weight excluding hydrogens is 258 g/mol. The number of benzene rings is 1. The van der Waals surface area contributed by atoms with Crippen LogP contribution in [0.3, 0.4) is 0 Å². The Hall–Kier alpha value is -2.04. The zero-order valence-electron chi connectivity index (χ0n) is 12.6. The van der Waals surface area contributed by atoms with Crippen molar-refractivity contribution in [3.05, 3.63) is 23.8 Å². The third-order valence-corrected chi connectivity index (χ3v) is 3.11. The van der Waals surface area contributed by atoms with Crippen LogP contribution < -0.4 is 9.47 Å². The van der Waals surface area contributed by atoms with E-state index in [0.717, 1.165) is 0 Å². The Labute approximate surface area is 119 Å². The van der Waals surface area contributed by atoms with Crippen molar-refractivity contribution in [3.8, 4) is 11.5 Å². The summed E-state index contributed by atoms with van der Waals surface area (Å²) < 4.78 is 10.4. The molecule has 20 heavy (non-hydrogen) atoms. The topological polar surface area (TPSA) is 55.8 Å². The Bertz CT molecular complexity index is 499. The lowest BCUT2D eigenvalue weighted by Gasteiger charge is -2.22. The number of rotatable bonds is 3. The Balaban J connectivity index is 0.000000956. The summed E-state index contributed by atoms with van der Waals surface area (Å²) in [4.78, 5) is 24.8. The van der Waals surface area contributed by atoms with Gasteiger partial charge in [0, 0.05) is 19.5 Å². The fourth-order valence-corrected chi connectivity index (χ4v) is 1.74. The van der Waals surface area contributed by atoms with Gasteiger partial charge in [-0.3, -0.25) is 9.59 Å². The maximum atomic E-state index is 12.2. The molecule has 1 aliphatic heterocycles. The Morgan fingerprint density at radius 1 is 1.20 bits per heavy atom. The predicted molar refractivity (Wildman–Crippen MR) is 76.1 cm³/mol. The summed E-state index contributed by atoms with van der Waals surface area (Å²) >= 11 is 0. The highest BCUT2D eigenvalue weighted by Crippen LogP contribution is 2.32. The molecule has 1 amide bonds. The van der Waals surface area contributed by atoms with Crippen LogP contribution in [0.4, 0.5) is 0 Å². The number of carbonyl (C=O) groups is 2. The van der Waals surface area contributed by atoms with E-state index in [9.17, 15) is 9.59 Å². The van der Waals surface area contributed by atoms with E-state index in [0.29, 0.717) is 17.1 Å². The van der Waals surface area contributed by atoms with Crippen molar-refractivity contribution in [1.82, 2.24) is 4.90 Å². The van der Waals surface area contributed by atoms with E-state index in [4.69, 9.17) is 9.47 Å². The van der Waals surface area contributed by atoms with Crippen molar-refractivity contribution >= 4 is 11.7 Å². The molecule has 0 radical (unpaired) electrons. The van der Waals surface area contributed by atoms with Crippen molar-refractivity contribution in [2.24, 2.45) is 0 Å². The Kier molecular flexibility index (Phi) is 5.55. The molecule has 110 valence electrons. The van der Waals surface area contributed by atoms with Crippen LogP contribution in [0.25, 0.3) is 0 Å². The average Bonchev–Trinajstić information content (AvgIpc) is 2.94. The molecule has 0 spiro atoms. The quantitative estimate of drug-likeness (QED) is 0.798. The van der Waals surface area contributed by atoms with Crippen molar-refractivity contribution in [2.75, 3.05) is 13.8 Å². The highest BCUT2D eigenvalue weighted by molar-refractivity contribution is 6.01. The Morgan fingerprint density at radius 2 is 1.80 bits per heavy atom. The van der Waals surface area contributed by atoms with Crippen molar-refractivity contribution < 1.29 is 19.1 Å². The first-order valence-electron chi connectivity index (χ1n) is 6.68. The fraction of sp³-hybridized carbons (Fsp3) is 0.467. The predicted octanol–water partition coefficient (Wildman–Crippen LogP) is 2.49. The van der Waals surface area contributed by atoms with E-state index in [1.807, 2.05) is 13.8 Å².